The predicted molar refractivity (Wildman–Crippen MR) is 85.4 cm³/mol. The van der Waals surface area contributed by atoms with Gasteiger partial charge in [0.15, 0.2) is 0 Å². The zero-order valence-electron chi connectivity index (χ0n) is 14.1. The highest BCUT2D eigenvalue weighted by atomic mass is 14.6. The minimum absolute atomic E-state index is 0.632. The molecule has 4 aliphatic rings. The van der Waals surface area contributed by atoms with Crippen molar-refractivity contribution in [2.75, 3.05) is 0 Å². The molecule has 0 nitrogen and oxygen atoms in total. The van der Waals surface area contributed by atoms with Gasteiger partial charge in [0, 0.05) is 0 Å². The summed E-state index contributed by atoms with van der Waals surface area (Å²) in [6.07, 6.45) is 12.5. The number of rotatable bonds is 0. The maximum Gasteiger partial charge on any atom is -0.0261 e. The van der Waals surface area contributed by atoms with Gasteiger partial charge in [-0.05, 0) is 97.7 Å². The lowest BCUT2D eigenvalue weighted by molar-refractivity contribution is 0.0521. The second-order valence-corrected chi connectivity index (χ2v) is 9.89. The lowest BCUT2D eigenvalue weighted by Gasteiger charge is -2.44. The predicted octanol–water partition coefficient (Wildman–Crippen LogP) is 5.91. The van der Waals surface area contributed by atoms with Crippen molar-refractivity contribution in [3.05, 3.63) is 0 Å². The van der Waals surface area contributed by atoms with Crippen LogP contribution in [0.5, 0.6) is 0 Å². The van der Waals surface area contributed by atoms with Crippen molar-refractivity contribution < 1.29 is 0 Å². The van der Waals surface area contributed by atoms with Gasteiger partial charge in [-0.2, -0.15) is 0 Å². The van der Waals surface area contributed by atoms with Crippen LogP contribution in [0.25, 0.3) is 0 Å². The monoisotopic (exact) mass is 274 g/mol. The first-order valence-electron chi connectivity index (χ1n) is 9.43. The van der Waals surface area contributed by atoms with Gasteiger partial charge in [0.25, 0.3) is 0 Å². The van der Waals surface area contributed by atoms with E-state index in [0.717, 1.165) is 40.9 Å². The Morgan fingerprint density at radius 3 is 2.40 bits per heavy atom. The molecule has 0 N–H and O–H groups in total. The Labute approximate surface area is 126 Å². The van der Waals surface area contributed by atoms with E-state index in [-0.39, 0.29) is 0 Å². The quantitative estimate of drug-likeness (QED) is 0.515. The van der Waals surface area contributed by atoms with Crippen LogP contribution < -0.4 is 0 Å². The van der Waals surface area contributed by atoms with Gasteiger partial charge in [0.1, 0.15) is 0 Å². The van der Waals surface area contributed by atoms with Crippen LogP contribution in [0.4, 0.5) is 0 Å². The summed E-state index contributed by atoms with van der Waals surface area (Å²) in [4.78, 5) is 0. The molecule has 0 amide bonds. The van der Waals surface area contributed by atoms with Gasteiger partial charge in [-0.1, -0.05) is 27.7 Å². The summed E-state index contributed by atoms with van der Waals surface area (Å²) in [5.74, 6) is 6.29. The molecule has 0 heteroatoms. The van der Waals surface area contributed by atoms with Gasteiger partial charge in [-0.3, -0.25) is 0 Å². The highest BCUT2D eigenvalue weighted by Gasteiger charge is 2.57. The first kappa shape index (κ1) is 13.6. The van der Waals surface area contributed by atoms with E-state index in [1.807, 2.05) is 0 Å². The molecule has 2 bridgehead atoms. The Hall–Kier alpha value is 0. The van der Waals surface area contributed by atoms with Crippen molar-refractivity contribution in [1.29, 1.82) is 0 Å². The lowest BCUT2D eigenvalue weighted by atomic mass is 9.61. The lowest BCUT2D eigenvalue weighted by Crippen LogP contribution is -2.36. The van der Waals surface area contributed by atoms with E-state index in [2.05, 4.69) is 27.7 Å². The molecule has 0 aromatic rings. The third-order valence-corrected chi connectivity index (χ3v) is 8.74. The van der Waals surface area contributed by atoms with Crippen LogP contribution in [0.15, 0.2) is 0 Å². The summed E-state index contributed by atoms with van der Waals surface area (Å²) in [7, 11) is 0. The van der Waals surface area contributed by atoms with E-state index in [0.29, 0.717) is 5.41 Å². The molecule has 0 unspecified atom stereocenters. The SMILES string of the molecule is C[C@@H]1[C@@H]2CCC(C)(C)[C@H]2CC[C@@]23C[C@@H](CC[C@@H]12)[C@@H](C)C3. The van der Waals surface area contributed by atoms with Crippen molar-refractivity contribution >= 4 is 0 Å². The Bertz CT molecular complexity index is 391. The Kier molecular flexibility index (Phi) is 2.91. The zero-order chi connectivity index (χ0) is 14.1. The third kappa shape index (κ3) is 1.72. The molecule has 7 atom stereocenters. The van der Waals surface area contributed by atoms with Crippen molar-refractivity contribution in [2.24, 2.45) is 46.3 Å². The Morgan fingerprint density at radius 2 is 1.60 bits per heavy atom. The summed E-state index contributed by atoms with van der Waals surface area (Å²) in [6, 6.07) is 0. The fourth-order valence-corrected chi connectivity index (χ4v) is 7.69. The minimum Gasteiger partial charge on any atom is -0.0622 e. The third-order valence-electron chi connectivity index (χ3n) is 8.74. The molecule has 4 rings (SSSR count). The second-order valence-electron chi connectivity index (χ2n) is 9.89. The highest BCUT2D eigenvalue weighted by Crippen LogP contribution is 2.67. The van der Waals surface area contributed by atoms with Crippen LogP contribution in [0, 0.1) is 46.3 Å². The molecule has 0 radical (unpaired) electrons. The van der Waals surface area contributed by atoms with Crippen molar-refractivity contribution in [1.82, 2.24) is 0 Å². The topological polar surface area (TPSA) is 0 Å². The van der Waals surface area contributed by atoms with Crippen LogP contribution in [-0.4, -0.2) is 0 Å². The van der Waals surface area contributed by atoms with E-state index in [4.69, 9.17) is 0 Å². The van der Waals surface area contributed by atoms with Gasteiger partial charge in [0.2, 0.25) is 0 Å². The van der Waals surface area contributed by atoms with E-state index in [9.17, 15) is 0 Å². The standard InChI is InChI=1S/C20H34/c1-13-11-20-10-8-18-16(7-9-19(18,3)4)14(2)17(20)6-5-15(13)12-20/h13-18H,5-12H2,1-4H3/t13-,14+,15+,16-,17-,18-,20+/m0/s1. The van der Waals surface area contributed by atoms with Gasteiger partial charge in [-0.15, -0.1) is 0 Å². The summed E-state index contributed by atoms with van der Waals surface area (Å²) < 4.78 is 0. The number of fused-ring (bicyclic) bond motifs is 2. The molecule has 4 fully saturated rings. The van der Waals surface area contributed by atoms with E-state index < -0.39 is 0 Å². The Morgan fingerprint density at radius 1 is 0.800 bits per heavy atom. The fraction of sp³-hybridized carbons (Fsp3) is 1.00. The van der Waals surface area contributed by atoms with Crippen LogP contribution in [0.2, 0.25) is 0 Å². The molecule has 20 heavy (non-hydrogen) atoms. The molecule has 4 saturated carbocycles. The van der Waals surface area contributed by atoms with E-state index in [1.165, 1.54) is 12.8 Å². The van der Waals surface area contributed by atoms with Gasteiger partial charge in [0.05, 0.1) is 0 Å². The molecule has 0 saturated heterocycles. The van der Waals surface area contributed by atoms with E-state index in [1.54, 1.807) is 38.5 Å². The molecule has 1 spiro atoms. The fourth-order valence-electron chi connectivity index (χ4n) is 7.69. The molecule has 0 aromatic carbocycles. The second kappa shape index (κ2) is 4.26. The largest absolute Gasteiger partial charge is 0.0622 e. The summed E-state index contributed by atoms with van der Waals surface area (Å²) in [5.41, 5.74) is 1.41. The average molecular weight is 274 g/mol. The molecule has 0 aliphatic heterocycles. The number of hydrogen-bond donors (Lipinski definition) is 0. The van der Waals surface area contributed by atoms with Crippen molar-refractivity contribution in [3.63, 3.8) is 0 Å². The maximum absolute atomic E-state index is 2.65. The van der Waals surface area contributed by atoms with Crippen LogP contribution in [-0.2, 0) is 0 Å². The molecule has 0 aromatic heterocycles. The zero-order valence-corrected chi connectivity index (χ0v) is 14.1. The van der Waals surface area contributed by atoms with Crippen LogP contribution >= 0.6 is 0 Å². The first-order valence-corrected chi connectivity index (χ1v) is 9.43. The maximum atomic E-state index is 2.65. The number of hydrogen-bond acceptors (Lipinski definition) is 0. The van der Waals surface area contributed by atoms with Crippen LogP contribution in [0.1, 0.15) is 79.1 Å². The molecule has 4 aliphatic carbocycles. The molecular weight excluding hydrogens is 240 g/mol. The average Bonchev–Trinajstić information content (AvgIpc) is 2.77. The van der Waals surface area contributed by atoms with Gasteiger partial charge < -0.3 is 0 Å². The summed E-state index contributed by atoms with van der Waals surface area (Å²) in [6.45, 7) is 10.3. The highest BCUT2D eigenvalue weighted by molar-refractivity contribution is 5.07. The van der Waals surface area contributed by atoms with E-state index >= 15 is 0 Å². The minimum atomic E-state index is 0.632. The molecule has 0 heterocycles. The molecular formula is C20H34. The molecule has 114 valence electrons. The summed E-state index contributed by atoms with van der Waals surface area (Å²) >= 11 is 0. The van der Waals surface area contributed by atoms with Crippen LogP contribution in [0.3, 0.4) is 0 Å². The van der Waals surface area contributed by atoms with Crippen molar-refractivity contribution in [2.45, 2.75) is 79.1 Å². The van der Waals surface area contributed by atoms with Gasteiger partial charge in [-0.25, -0.2) is 0 Å². The normalized spacial score (nSPS) is 57.0. The van der Waals surface area contributed by atoms with Crippen molar-refractivity contribution in [3.8, 4) is 0 Å². The Balaban J connectivity index is 1.68. The smallest absolute Gasteiger partial charge is 0.0261 e. The summed E-state index contributed by atoms with van der Waals surface area (Å²) in [5, 5.41) is 0. The first-order chi connectivity index (χ1) is 9.43. The van der Waals surface area contributed by atoms with Gasteiger partial charge >= 0.3 is 0 Å².